The molecule has 0 aromatic carbocycles. The third-order valence-corrected chi connectivity index (χ3v) is 6.04. The van der Waals surface area contributed by atoms with Crippen LogP contribution in [0.25, 0.3) is 0 Å². The smallest absolute Gasteiger partial charge is 0.185 e. The van der Waals surface area contributed by atoms with Gasteiger partial charge in [0.1, 0.15) is 0 Å². The van der Waals surface area contributed by atoms with Crippen LogP contribution in [0.15, 0.2) is 0 Å². The number of aryl methyl sites for hydroxylation is 1. The molecule has 1 saturated heterocycles. The van der Waals surface area contributed by atoms with Gasteiger partial charge in [0.2, 0.25) is 0 Å². The van der Waals surface area contributed by atoms with Crippen molar-refractivity contribution in [2.75, 3.05) is 18.0 Å². The fraction of sp³-hybridized carbons (Fsp3) is 0.824. The zero-order valence-corrected chi connectivity index (χ0v) is 14.2. The molecular weight excluding hydrogens is 278 g/mol. The Morgan fingerprint density at radius 3 is 2.48 bits per heavy atom. The minimum absolute atomic E-state index is 0.749. The monoisotopic (exact) mass is 307 g/mol. The van der Waals surface area contributed by atoms with E-state index in [1.165, 1.54) is 80.2 Å². The summed E-state index contributed by atoms with van der Waals surface area (Å²) < 4.78 is 0. The van der Waals surface area contributed by atoms with E-state index in [9.17, 15) is 0 Å². The molecule has 1 aliphatic heterocycles. The quantitative estimate of drug-likeness (QED) is 0.887. The van der Waals surface area contributed by atoms with E-state index in [1.54, 1.807) is 0 Å². The molecule has 0 radical (unpaired) electrons. The molecule has 1 aromatic rings. The first-order valence-electron chi connectivity index (χ1n) is 8.83. The summed E-state index contributed by atoms with van der Waals surface area (Å²) in [6.07, 6.45) is 12.0. The maximum Gasteiger partial charge on any atom is 0.185 e. The Bertz CT molecular complexity index is 429. The van der Waals surface area contributed by atoms with Gasteiger partial charge in [0, 0.05) is 30.6 Å². The predicted molar refractivity (Wildman–Crippen MR) is 91.3 cm³/mol. The Labute approximate surface area is 133 Å². The number of rotatable bonds is 5. The van der Waals surface area contributed by atoms with Gasteiger partial charge in [0.25, 0.3) is 0 Å². The lowest BCUT2D eigenvalue weighted by Gasteiger charge is -2.18. The highest BCUT2D eigenvalue weighted by Gasteiger charge is 2.19. The van der Waals surface area contributed by atoms with Crippen molar-refractivity contribution in [1.29, 1.82) is 0 Å². The zero-order chi connectivity index (χ0) is 14.5. The molecule has 2 heterocycles. The van der Waals surface area contributed by atoms with Gasteiger partial charge < -0.3 is 10.2 Å². The Morgan fingerprint density at radius 1 is 1.10 bits per heavy atom. The predicted octanol–water partition coefficient (Wildman–Crippen LogP) is 4.12. The Kier molecular flexibility index (Phi) is 5.53. The number of nitrogens with zero attached hydrogens (tertiary/aromatic N) is 2. The fourth-order valence-corrected chi connectivity index (χ4v) is 4.70. The second kappa shape index (κ2) is 7.59. The molecule has 0 unspecified atom stereocenters. The van der Waals surface area contributed by atoms with Crippen LogP contribution in [-0.2, 0) is 13.0 Å². The highest BCUT2D eigenvalue weighted by molar-refractivity contribution is 7.15. The van der Waals surface area contributed by atoms with Crippen molar-refractivity contribution >= 4 is 16.5 Å². The van der Waals surface area contributed by atoms with Crippen molar-refractivity contribution in [2.45, 2.75) is 77.3 Å². The molecule has 0 spiro atoms. The average molecular weight is 308 g/mol. The summed E-state index contributed by atoms with van der Waals surface area (Å²) in [6.45, 7) is 5.66. The van der Waals surface area contributed by atoms with Gasteiger partial charge in [0.15, 0.2) is 5.13 Å². The lowest BCUT2D eigenvalue weighted by molar-refractivity contribution is 0.525. The largest absolute Gasteiger partial charge is 0.348 e. The molecule has 2 aliphatic rings. The van der Waals surface area contributed by atoms with Crippen LogP contribution in [0.4, 0.5) is 5.13 Å². The molecule has 0 atom stereocenters. The van der Waals surface area contributed by atoms with Crippen LogP contribution < -0.4 is 10.2 Å². The average Bonchev–Trinajstić information content (AvgIpc) is 3.08. The molecule has 1 saturated carbocycles. The van der Waals surface area contributed by atoms with Gasteiger partial charge in [-0.15, -0.1) is 11.3 Å². The molecule has 118 valence electrons. The first-order valence-corrected chi connectivity index (χ1v) is 9.65. The van der Waals surface area contributed by atoms with Gasteiger partial charge in [0.05, 0.1) is 5.69 Å². The molecule has 21 heavy (non-hydrogen) atoms. The molecular formula is C17H29N3S. The normalized spacial score (nSPS) is 20.9. The second-order valence-corrected chi connectivity index (χ2v) is 7.55. The van der Waals surface area contributed by atoms with Crippen LogP contribution in [0, 0.1) is 0 Å². The molecule has 1 aliphatic carbocycles. The summed E-state index contributed by atoms with van der Waals surface area (Å²) in [5.74, 6) is 0. The molecule has 2 fully saturated rings. The van der Waals surface area contributed by atoms with E-state index in [2.05, 4.69) is 17.1 Å². The summed E-state index contributed by atoms with van der Waals surface area (Å²) >= 11 is 1.94. The standard InChI is InChI=1S/C17H29N3S/c1-2-15-16(13-18-14-9-5-6-10-14)21-17(19-15)20-11-7-3-4-8-12-20/h14,18H,2-13H2,1H3. The van der Waals surface area contributed by atoms with E-state index in [0.717, 1.165) is 19.0 Å². The summed E-state index contributed by atoms with van der Waals surface area (Å²) in [6, 6.07) is 0.749. The number of thiazole rings is 1. The first kappa shape index (κ1) is 15.3. The Morgan fingerprint density at radius 2 is 1.81 bits per heavy atom. The van der Waals surface area contributed by atoms with Crippen LogP contribution in [0.2, 0.25) is 0 Å². The van der Waals surface area contributed by atoms with Crippen molar-refractivity contribution in [3.8, 4) is 0 Å². The summed E-state index contributed by atoms with van der Waals surface area (Å²) in [7, 11) is 0. The van der Waals surface area contributed by atoms with Crippen molar-refractivity contribution in [3.63, 3.8) is 0 Å². The van der Waals surface area contributed by atoms with Gasteiger partial charge >= 0.3 is 0 Å². The lowest BCUT2D eigenvalue weighted by atomic mass is 10.2. The van der Waals surface area contributed by atoms with Crippen molar-refractivity contribution in [2.24, 2.45) is 0 Å². The summed E-state index contributed by atoms with van der Waals surface area (Å²) in [4.78, 5) is 8.94. The molecule has 3 rings (SSSR count). The summed E-state index contributed by atoms with van der Waals surface area (Å²) in [5.41, 5.74) is 1.32. The minimum atomic E-state index is 0.749. The third kappa shape index (κ3) is 3.98. The van der Waals surface area contributed by atoms with Crippen molar-refractivity contribution in [3.05, 3.63) is 10.6 Å². The van der Waals surface area contributed by atoms with Gasteiger partial charge in [-0.2, -0.15) is 0 Å². The molecule has 0 bridgehead atoms. The topological polar surface area (TPSA) is 28.2 Å². The lowest BCUT2D eigenvalue weighted by Crippen LogP contribution is -2.25. The van der Waals surface area contributed by atoms with Gasteiger partial charge in [-0.05, 0) is 32.1 Å². The number of hydrogen-bond acceptors (Lipinski definition) is 4. The summed E-state index contributed by atoms with van der Waals surface area (Å²) in [5, 5.41) is 5.03. The molecule has 1 N–H and O–H groups in total. The zero-order valence-electron chi connectivity index (χ0n) is 13.4. The number of hydrogen-bond donors (Lipinski definition) is 1. The van der Waals surface area contributed by atoms with E-state index >= 15 is 0 Å². The molecule has 3 nitrogen and oxygen atoms in total. The van der Waals surface area contributed by atoms with E-state index in [4.69, 9.17) is 4.98 Å². The Balaban J connectivity index is 1.64. The Hall–Kier alpha value is -0.610. The van der Waals surface area contributed by atoms with E-state index in [0.29, 0.717) is 0 Å². The van der Waals surface area contributed by atoms with Crippen molar-refractivity contribution < 1.29 is 0 Å². The number of aromatic nitrogens is 1. The fourth-order valence-electron chi connectivity index (χ4n) is 3.55. The SMILES string of the molecule is CCc1nc(N2CCCCCC2)sc1CNC1CCCC1. The number of nitrogens with one attached hydrogen (secondary N) is 1. The molecule has 1 aromatic heterocycles. The van der Waals surface area contributed by atoms with Crippen LogP contribution in [0.3, 0.4) is 0 Å². The van der Waals surface area contributed by atoms with Crippen LogP contribution >= 0.6 is 11.3 Å². The van der Waals surface area contributed by atoms with E-state index in [1.807, 2.05) is 11.3 Å². The van der Waals surface area contributed by atoms with Gasteiger partial charge in [-0.25, -0.2) is 4.98 Å². The first-order chi connectivity index (χ1) is 10.4. The minimum Gasteiger partial charge on any atom is -0.348 e. The molecule has 0 amide bonds. The maximum atomic E-state index is 4.94. The number of anilines is 1. The second-order valence-electron chi connectivity index (χ2n) is 6.48. The van der Waals surface area contributed by atoms with Crippen LogP contribution in [0.5, 0.6) is 0 Å². The highest BCUT2D eigenvalue weighted by atomic mass is 32.1. The van der Waals surface area contributed by atoms with Crippen molar-refractivity contribution in [1.82, 2.24) is 10.3 Å². The van der Waals surface area contributed by atoms with Gasteiger partial charge in [-0.1, -0.05) is 32.6 Å². The molecule has 4 heteroatoms. The van der Waals surface area contributed by atoms with Gasteiger partial charge in [-0.3, -0.25) is 0 Å². The maximum absolute atomic E-state index is 4.94. The van der Waals surface area contributed by atoms with Crippen LogP contribution in [-0.4, -0.2) is 24.1 Å². The van der Waals surface area contributed by atoms with E-state index < -0.39 is 0 Å². The highest BCUT2D eigenvalue weighted by Crippen LogP contribution is 2.29. The van der Waals surface area contributed by atoms with Crippen LogP contribution in [0.1, 0.15) is 68.9 Å². The van der Waals surface area contributed by atoms with E-state index in [-0.39, 0.29) is 0 Å². The third-order valence-electron chi connectivity index (χ3n) is 4.88.